The Labute approximate surface area is 220 Å². The zero-order valence-electron chi connectivity index (χ0n) is 20.9. The number of imide groups is 1. The van der Waals surface area contributed by atoms with E-state index < -0.39 is 24.1 Å². The highest BCUT2D eigenvalue weighted by Crippen LogP contribution is 2.34. The number of benzene rings is 3. The molecule has 2 unspecified atom stereocenters. The molecule has 0 saturated carbocycles. The summed E-state index contributed by atoms with van der Waals surface area (Å²) in [4.78, 5) is 41.4. The molecule has 6 rings (SSSR count). The average molecular weight is 512 g/mol. The van der Waals surface area contributed by atoms with Crippen molar-refractivity contribution in [3.8, 4) is 5.75 Å². The third-order valence-electron chi connectivity index (χ3n) is 7.61. The molecule has 8 heteroatoms. The van der Waals surface area contributed by atoms with Crippen LogP contribution in [-0.2, 0) is 30.9 Å². The first kappa shape index (κ1) is 24.3. The second-order valence-electron chi connectivity index (χ2n) is 10.1. The van der Waals surface area contributed by atoms with Crippen molar-refractivity contribution >= 4 is 17.7 Å². The summed E-state index contributed by atoms with van der Waals surface area (Å²) in [7, 11) is 0. The Morgan fingerprint density at radius 2 is 1.63 bits per heavy atom. The van der Waals surface area contributed by atoms with E-state index in [0.29, 0.717) is 5.75 Å². The van der Waals surface area contributed by atoms with Gasteiger partial charge >= 0.3 is 0 Å². The summed E-state index contributed by atoms with van der Waals surface area (Å²) < 4.78 is 6.02. The highest BCUT2D eigenvalue weighted by molar-refractivity contribution is 6.23. The summed E-state index contributed by atoms with van der Waals surface area (Å²) in [6.07, 6.45) is 0.127. The summed E-state index contributed by atoms with van der Waals surface area (Å²) >= 11 is 0. The van der Waals surface area contributed by atoms with Crippen LogP contribution in [0.4, 0.5) is 0 Å². The van der Waals surface area contributed by atoms with E-state index in [9.17, 15) is 19.5 Å². The van der Waals surface area contributed by atoms with Gasteiger partial charge in [0.2, 0.25) is 5.91 Å². The second kappa shape index (κ2) is 10.0. The average Bonchev–Trinajstić information content (AvgIpc) is 3.18. The predicted molar refractivity (Wildman–Crippen MR) is 139 cm³/mol. The molecule has 38 heavy (non-hydrogen) atoms. The highest BCUT2D eigenvalue weighted by Gasteiger charge is 2.45. The third kappa shape index (κ3) is 4.57. The maximum Gasteiger partial charge on any atom is 0.265 e. The molecule has 1 fully saturated rings. The molecule has 194 valence electrons. The van der Waals surface area contributed by atoms with E-state index in [4.69, 9.17) is 4.74 Å². The number of amides is 3. The Morgan fingerprint density at radius 1 is 0.868 bits per heavy atom. The molecule has 0 aliphatic carbocycles. The molecule has 1 saturated heterocycles. The van der Waals surface area contributed by atoms with Crippen LogP contribution >= 0.6 is 0 Å². The van der Waals surface area contributed by atoms with Gasteiger partial charge in [-0.1, -0.05) is 54.6 Å². The Hall–Kier alpha value is -4.01. The van der Waals surface area contributed by atoms with E-state index in [-0.39, 0.29) is 36.5 Å². The van der Waals surface area contributed by atoms with Crippen molar-refractivity contribution in [2.24, 2.45) is 0 Å². The summed E-state index contributed by atoms with van der Waals surface area (Å²) in [5, 5.41) is 12.7. The van der Waals surface area contributed by atoms with Crippen molar-refractivity contribution in [3.05, 3.63) is 100 Å². The minimum absolute atomic E-state index is 0.138. The summed E-state index contributed by atoms with van der Waals surface area (Å²) in [5.41, 5.74) is 5.46. The SMILES string of the molecule is O=C1CCC(N2C(=O)c3cccc(OCc4ccc(CN5CCc6ccccc6C5)cc4)c3C2=O)C(O)N1. The van der Waals surface area contributed by atoms with Crippen molar-refractivity contribution in [1.82, 2.24) is 15.1 Å². The first-order chi connectivity index (χ1) is 18.5. The molecule has 8 nitrogen and oxygen atoms in total. The fraction of sp³-hybridized carbons (Fsp3) is 0.300. The number of carbonyl (C=O) groups is 3. The van der Waals surface area contributed by atoms with Crippen molar-refractivity contribution < 1.29 is 24.2 Å². The number of ether oxygens (including phenoxy) is 1. The number of piperidine rings is 1. The van der Waals surface area contributed by atoms with E-state index >= 15 is 0 Å². The van der Waals surface area contributed by atoms with Gasteiger partial charge in [-0.25, -0.2) is 0 Å². The lowest BCUT2D eigenvalue weighted by Crippen LogP contribution is -2.57. The molecule has 3 aromatic rings. The van der Waals surface area contributed by atoms with Gasteiger partial charge in [0.15, 0.2) is 0 Å². The molecule has 3 aliphatic heterocycles. The number of nitrogens with zero attached hydrogens (tertiary/aromatic N) is 2. The third-order valence-corrected chi connectivity index (χ3v) is 7.61. The number of fused-ring (bicyclic) bond motifs is 2. The molecule has 3 aliphatic rings. The Balaban J connectivity index is 1.11. The molecule has 0 bridgehead atoms. The van der Waals surface area contributed by atoms with Crippen LogP contribution < -0.4 is 10.1 Å². The van der Waals surface area contributed by atoms with Crippen molar-refractivity contribution in [2.75, 3.05) is 6.54 Å². The number of rotatable bonds is 6. The van der Waals surface area contributed by atoms with Gasteiger partial charge in [0.25, 0.3) is 11.8 Å². The molecule has 0 spiro atoms. The van der Waals surface area contributed by atoms with E-state index in [1.807, 2.05) is 12.1 Å². The first-order valence-electron chi connectivity index (χ1n) is 13.0. The smallest absolute Gasteiger partial charge is 0.265 e. The van der Waals surface area contributed by atoms with Crippen molar-refractivity contribution in [2.45, 2.75) is 51.2 Å². The van der Waals surface area contributed by atoms with Gasteiger partial charge in [0.05, 0.1) is 17.2 Å². The molecule has 3 aromatic carbocycles. The number of aliphatic hydroxyl groups is 1. The lowest BCUT2D eigenvalue weighted by Gasteiger charge is -2.33. The number of nitrogens with one attached hydrogen (secondary N) is 1. The van der Waals surface area contributed by atoms with Gasteiger partial charge < -0.3 is 15.2 Å². The molecular weight excluding hydrogens is 482 g/mol. The van der Waals surface area contributed by atoms with Gasteiger partial charge in [0, 0.05) is 26.1 Å². The zero-order valence-corrected chi connectivity index (χ0v) is 20.9. The number of carbonyl (C=O) groups excluding carboxylic acids is 3. The largest absolute Gasteiger partial charge is 0.488 e. The normalized spacial score (nSPS) is 21.2. The number of aliphatic hydroxyl groups excluding tert-OH is 1. The standard InChI is InChI=1S/C30H29N3O5/c34-26-13-12-24(28(35)31-26)33-29(36)23-6-3-7-25(27(23)30(33)37)38-18-20-10-8-19(9-11-20)16-32-15-14-21-4-1-2-5-22(21)17-32/h1-11,24,28,35H,12-18H2,(H,31,34). The van der Waals surface area contributed by atoms with Crippen LogP contribution in [0.5, 0.6) is 5.75 Å². The van der Waals surface area contributed by atoms with E-state index in [0.717, 1.165) is 36.5 Å². The van der Waals surface area contributed by atoms with E-state index in [1.54, 1.807) is 18.2 Å². The van der Waals surface area contributed by atoms with Crippen LogP contribution in [0.3, 0.4) is 0 Å². The topological polar surface area (TPSA) is 99.2 Å². The lowest BCUT2D eigenvalue weighted by atomic mass is 9.99. The van der Waals surface area contributed by atoms with Crippen molar-refractivity contribution in [3.63, 3.8) is 0 Å². The second-order valence-corrected chi connectivity index (χ2v) is 10.1. The maximum atomic E-state index is 13.3. The quantitative estimate of drug-likeness (QED) is 0.494. The molecule has 3 amide bonds. The summed E-state index contributed by atoms with van der Waals surface area (Å²) in [5.74, 6) is -0.977. The molecule has 0 aromatic heterocycles. The van der Waals surface area contributed by atoms with Crippen LogP contribution in [0.15, 0.2) is 66.7 Å². The Morgan fingerprint density at radius 3 is 2.42 bits per heavy atom. The van der Waals surface area contributed by atoms with Crippen LogP contribution in [-0.4, -0.2) is 51.4 Å². The maximum absolute atomic E-state index is 13.3. The van der Waals surface area contributed by atoms with E-state index in [2.05, 4.69) is 46.6 Å². The minimum Gasteiger partial charge on any atom is -0.488 e. The van der Waals surface area contributed by atoms with Crippen LogP contribution in [0.1, 0.15) is 55.8 Å². The molecule has 2 N–H and O–H groups in total. The van der Waals surface area contributed by atoms with Crippen LogP contribution in [0, 0.1) is 0 Å². The fourth-order valence-corrected chi connectivity index (χ4v) is 5.58. The molecule has 0 radical (unpaired) electrons. The lowest BCUT2D eigenvalue weighted by molar-refractivity contribution is -0.129. The van der Waals surface area contributed by atoms with E-state index in [1.165, 1.54) is 16.7 Å². The monoisotopic (exact) mass is 511 g/mol. The predicted octanol–water partition coefficient (Wildman–Crippen LogP) is 3.02. The molecule has 3 heterocycles. The Bertz CT molecular complexity index is 1400. The highest BCUT2D eigenvalue weighted by atomic mass is 16.5. The minimum atomic E-state index is -1.29. The zero-order chi connectivity index (χ0) is 26.2. The molecular formula is C30H29N3O5. The van der Waals surface area contributed by atoms with Gasteiger partial charge in [-0.3, -0.25) is 24.2 Å². The number of hydrogen-bond acceptors (Lipinski definition) is 6. The van der Waals surface area contributed by atoms with Gasteiger partial charge in [-0.2, -0.15) is 0 Å². The van der Waals surface area contributed by atoms with Crippen molar-refractivity contribution in [1.29, 1.82) is 0 Å². The van der Waals surface area contributed by atoms with Gasteiger partial charge in [-0.15, -0.1) is 0 Å². The fourth-order valence-electron chi connectivity index (χ4n) is 5.58. The number of hydrogen-bond donors (Lipinski definition) is 2. The van der Waals surface area contributed by atoms with Crippen LogP contribution in [0.2, 0.25) is 0 Å². The Kier molecular flexibility index (Phi) is 6.43. The van der Waals surface area contributed by atoms with Gasteiger partial charge in [0.1, 0.15) is 18.6 Å². The summed E-state index contributed by atoms with van der Waals surface area (Å²) in [6, 6.07) is 21.0. The first-order valence-corrected chi connectivity index (χ1v) is 13.0. The molecule has 2 atom stereocenters. The van der Waals surface area contributed by atoms with Crippen LogP contribution in [0.25, 0.3) is 0 Å². The van der Waals surface area contributed by atoms with Gasteiger partial charge in [-0.05, 0) is 47.2 Å². The summed E-state index contributed by atoms with van der Waals surface area (Å²) in [6.45, 7) is 3.11.